The second kappa shape index (κ2) is 7.15. The van der Waals surface area contributed by atoms with Crippen molar-refractivity contribution >= 4 is 29.4 Å². The van der Waals surface area contributed by atoms with Gasteiger partial charge >= 0.3 is 6.03 Å². The third kappa shape index (κ3) is 3.62. The topological polar surface area (TPSA) is 87.7 Å². The Labute approximate surface area is 157 Å². The van der Waals surface area contributed by atoms with Crippen LogP contribution in [0.15, 0.2) is 18.2 Å². The van der Waals surface area contributed by atoms with E-state index in [2.05, 4.69) is 17.7 Å². The number of nitrogens with zero attached hydrogens (tertiary/aromatic N) is 1. The Balaban J connectivity index is 1.59. The molecule has 1 aromatic carbocycles. The van der Waals surface area contributed by atoms with Crippen LogP contribution in [-0.4, -0.2) is 35.0 Å². The van der Waals surface area contributed by atoms with Crippen LogP contribution in [0.4, 0.5) is 4.79 Å². The number of urea groups is 1. The van der Waals surface area contributed by atoms with Gasteiger partial charge in [-0.05, 0) is 62.3 Å². The van der Waals surface area contributed by atoms with E-state index in [1.807, 2.05) is 6.92 Å². The number of aryl methyl sites for hydroxylation is 1. The molecule has 1 saturated carbocycles. The lowest BCUT2D eigenvalue weighted by Crippen LogP contribution is -2.52. The van der Waals surface area contributed by atoms with Crippen LogP contribution in [0.25, 0.3) is 0 Å². The fourth-order valence-electron chi connectivity index (χ4n) is 3.39. The van der Waals surface area contributed by atoms with E-state index in [-0.39, 0.29) is 6.61 Å². The van der Waals surface area contributed by atoms with Crippen molar-refractivity contribution in [3.05, 3.63) is 28.8 Å². The molecule has 0 aromatic heterocycles. The van der Waals surface area contributed by atoms with Gasteiger partial charge in [-0.3, -0.25) is 15.0 Å². The van der Waals surface area contributed by atoms with Gasteiger partial charge in [-0.25, -0.2) is 4.79 Å². The minimum Gasteiger partial charge on any atom is -0.483 e. The molecular formula is C18H22ClN3O4. The van der Waals surface area contributed by atoms with E-state index >= 15 is 0 Å². The third-order valence-electron chi connectivity index (χ3n) is 5.02. The Hall–Kier alpha value is -2.28. The molecule has 26 heavy (non-hydrogen) atoms. The normalized spacial score (nSPS) is 25.3. The Morgan fingerprint density at radius 2 is 2.08 bits per heavy atom. The van der Waals surface area contributed by atoms with Gasteiger partial charge in [0.25, 0.3) is 11.8 Å². The predicted molar refractivity (Wildman–Crippen MR) is 95.6 cm³/mol. The number of halogens is 1. The SMILES string of the molecule is Cc1cc(Cl)ccc1OCC(=O)NN1C(=O)NC2(CCC(C)CC2)C1=O. The summed E-state index contributed by atoms with van der Waals surface area (Å²) >= 11 is 5.88. The number of carbonyl (C=O) groups is 3. The van der Waals surface area contributed by atoms with E-state index in [0.29, 0.717) is 29.5 Å². The van der Waals surface area contributed by atoms with Crippen molar-refractivity contribution < 1.29 is 19.1 Å². The molecule has 0 radical (unpaired) electrons. The molecule has 1 aliphatic carbocycles. The molecule has 1 spiro atoms. The zero-order valence-electron chi connectivity index (χ0n) is 14.8. The van der Waals surface area contributed by atoms with Crippen LogP contribution in [0, 0.1) is 12.8 Å². The number of amides is 4. The van der Waals surface area contributed by atoms with Crippen LogP contribution in [0.3, 0.4) is 0 Å². The molecule has 0 unspecified atom stereocenters. The number of hydrazine groups is 1. The summed E-state index contributed by atoms with van der Waals surface area (Å²) in [4.78, 5) is 37.0. The van der Waals surface area contributed by atoms with Gasteiger partial charge in [-0.2, -0.15) is 5.01 Å². The molecule has 3 rings (SSSR count). The molecule has 2 aliphatic rings. The second-order valence-electron chi connectivity index (χ2n) is 7.07. The minimum absolute atomic E-state index is 0.316. The van der Waals surface area contributed by atoms with Gasteiger partial charge in [0.05, 0.1) is 0 Å². The summed E-state index contributed by atoms with van der Waals surface area (Å²) in [7, 11) is 0. The zero-order valence-corrected chi connectivity index (χ0v) is 15.6. The van der Waals surface area contributed by atoms with Gasteiger partial charge in [0.1, 0.15) is 11.3 Å². The molecule has 7 nitrogen and oxygen atoms in total. The largest absolute Gasteiger partial charge is 0.483 e. The van der Waals surface area contributed by atoms with Crippen LogP contribution >= 0.6 is 11.6 Å². The number of carbonyl (C=O) groups excluding carboxylic acids is 3. The van der Waals surface area contributed by atoms with Crippen LogP contribution < -0.4 is 15.5 Å². The van der Waals surface area contributed by atoms with Gasteiger partial charge in [-0.15, -0.1) is 0 Å². The van der Waals surface area contributed by atoms with Crippen LogP contribution in [0.2, 0.25) is 5.02 Å². The molecule has 2 fully saturated rings. The van der Waals surface area contributed by atoms with Crippen molar-refractivity contribution in [2.24, 2.45) is 5.92 Å². The fourth-order valence-corrected chi connectivity index (χ4v) is 3.62. The first-order valence-electron chi connectivity index (χ1n) is 8.66. The average Bonchev–Trinajstić information content (AvgIpc) is 2.81. The Morgan fingerprint density at radius 1 is 1.38 bits per heavy atom. The Kier molecular flexibility index (Phi) is 5.09. The molecule has 140 valence electrons. The number of nitrogens with one attached hydrogen (secondary N) is 2. The maximum Gasteiger partial charge on any atom is 0.344 e. The number of ether oxygens (including phenoxy) is 1. The summed E-state index contributed by atoms with van der Waals surface area (Å²) in [5.41, 5.74) is 2.25. The van der Waals surface area contributed by atoms with Crippen molar-refractivity contribution in [1.82, 2.24) is 15.8 Å². The van der Waals surface area contributed by atoms with Crippen molar-refractivity contribution in [2.75, 3.05) is 6.61 Å². The van der Waals surface area contributed by atoms with Crippen LogP contribution in [0.1, 0.15) is 38.2 Å². The first-order valence-corrected chi connectivity index (χ1v) is 9.04. The summed E-state index contributed by atoms with van der Waals surface area (Å²) < 4.78 is 5.45. The standard InChI is InChI=1S/C18H22ClN3O4/c1-11-5-7-18(8-6-11)16(24)22(17(25)20-18)21-15(23)10-26-14-4-3-13(19)9-12(14)2/h3-4,9,11H,5-8,10H2,1-2H3,(H,20,25)(H,21,23). The summed E-state index contributed by atoms with van der Waals surface area (Å²) in [6.07, 6.45) is 2.91. The summed E-state index contributed by atoms with van der Waals surface area (Å²) in [6.45, 7) is 3.62. The number of hydrogen-bond donors (Lipinski definition) is 2. The zero-order chi connectivity index (χ0) is 18.9. The minimum atomic E-state index is -0.884. The third-order valence-corrected chi connectivity index (χ3v) is 5.26. The lowest BCUT2D eigenvalue weighted by molar-refractivity contribution is -0.140. The highest BCUT2D eigenvalue weighted by Gasteiger charge is 2.52. The highest BCUT2D eigenvalue weighted by molar-refractivity contribution is 6.30. The summed E-state index contributed by atoms with van der Waals surface area (Å²) in [5.74, 6) is 0.0685. The molecule has 4 amide bonds. The van der Waals surface area contributed by atoms with E-state index in [0.717, 1.165) is 23.4 Å². The number of benzene rings is 1. The molecule has 8 heteroatoms. The van der Waals surface area contributed by atoms with Crippen molar-refractivity contribution in [3.63, 3.8) is 0 Å². The van der Waals surface area contributed by atoms with Gasteiger partial charge in [0.15, 0.2) is 6.61 Å². The van der Waals surface area contributed by atoms with Crippen LogP contribution in [-0.2, 0) is 9.59 Å². The van der Waals surface area contributed by atoms with Gasteiger partial charge in [0.2, 0.25) is 0 Å². The smallest absolute Gasteiger partial charge is 0.344 e. The molecule has 1 aliphatic heterocycles. The summed E-state index contributed by atoms with van der Waals surface area (Å²) in [5, 5.41) is 4.10. The molecule has 0 atom stereocenters. The molecule has 1 saturated heterocycles. The highest BCUT2D eigenvalue weighted by Crippen LogP contribution is 2.35. The van der Waals surface area contributed by atoms with Gasteiger partial charge in [-0.1, -0.05) is 18.5 Å². The molecule has 1 heterocycles. The molecule has 1 aromatic rings. The van der Waals surface area contributed by atoms with Crippen molar-refractivity contribution in [2.45, 2.75) is 45.1 Å². The lowest BCUT2D eigenvalue weighted by Gasteiger charge is -2.33. The second-order valence-corrected chi connectivity index (χ2v) is 7.51. The number of rotatable bonds is 4. The van der Waals surface area contributed by atoms with E-state index in [9.17, 15) is 14.4 Å². The van der Waals surface area contributed by atoms with Crippen LogP contribution in [0.5, 0.6) is 5.75 Å². The maximum absolute atomic E-state index is 12.7. The molecular weight excluding hydrogens is 358 g/mol. The Morgan fingerprint density at radius 3 is 2.73 bits per heavy atom. The van der Waals surface area contributed by atoms with E-state index in [1.165, 1.54) is 0 Å². The molecule has 2 N–H and O–H groups in total. The monoisotopic (exact) mass is 379 g/mol. The van der Waals surface area contributed by atoms with Gasteiger partial charge < -0.3 is 10.1 Å². The summed E-state index contributed by atoms with van der Waals surface area (Å²) in [6, 6.07) is 4.45. The highest BCUT2D eigenvalue weighted by atomic mass is 35.5. The van der Waals surface area contributed by atoms with E-state index in [1.54, 1.807) is 18.2 Å². The fraction of sp³-hybridized carbons (Fsp3) is 0.500. The maximum atomic E-state index is 12.7. The Bertz CT molecular complexity index is 744. The average molecular weight is 380 g/mol. The number of hydrogen-bond acceptors (Lipinski definition) is 4. The predicted octanol–water partition coefficient (Wildman–Crippen LogP) is 2.56. The first kappa shape index (κ1) is 18.5. The van der Waals surface area contributed by atoms with Crippen molar-refractivity contribution in [1.29, 1.82) is 0 Å². The quantitative estimate of drug-likeness (QED) is 0.787. The van der Waals surface area contributed by atoms with E-state index in [4.69, 9.17) is 16.3 Å². The van der Waals surface area contributed by atoms with Crippen molar-refractivity contribution in [3.8, 4) is 5.75 Å². The lowest BCUT2D eigenvalue weighted by atomic mass is 9.77. The molecule has 0 bridgehead atoms. The first-order chi connectivity index (χ1) is 12.3. The van der Waals surface area contributed by atoms with Gasteiger partial charge in [0, 0.05) is 5.02 Å². The number of imide groups is 1. The van der Waals surface area contributed by atoms with E-state index < -0.39 is 23.4 Å².